The normalized spacial score (nSPS) is 10.7. The van der Waals surface area contributed by atoms with E-state index in [9.17, 15) is 9.18 Å². The van der Waals surface area contributed by atoms with Crippen molar-refractivity contribution in [3.05, 3.63) is 29.8 Å². The molecular formula is C9H8FN3O. The Hall–Kier alpha value is -1.91. The lowest BCUT2D eigenvalue weighted by molar-refractivity contribution is 0.1000. The molecule has 0 atom stereocenters. The number of fused-ring (bicyclic) bond motifs is 1. The number of nitrogens with zero attached hydrogens (tertiary/aromatic N) is 2. The van der Waals surface area contributed by atoms with Crippen LogP contribution in [0.3, 0.4) is 0 Å². The van der Waals surface area contributed by atoms with Gasteiger partial charge in [-0.25, -0.2) is 9.37 Å². The second-order valence-corrected chi connectivity index (χ2v) is 3.05. The first-order valence-corrected chi connectivity index (χ1v) is 4.00. The predicted octanol–water partition coefficient (Wildman–Crippen LogP) is 0.811. The molecule has 0 aliphatic heterocycles. The third kappa shape index (κ3) is 1.14. The summed E-state index contributed by atoms with van der Waals surface area (Å²) in [4.78, 5) is 14.7. The quantitative estimate of drug-likeness (QED) is 0.728. The van der Waals surface area contributed by atoms with E-state index in [1.54, 1.807) is 11.6 Å². The highest BCUT2D eigenvalue weighted by Gasteiger charge is 2.10. The second kappa shape index (κ2) is 2.80. The van der Waals surface area contributed by atoms with Gasteiger partial charge in [-0.2, -0.15) is 0 Å². The van der Waals surface area contributed by atoms with Gasteiger partial charge in [0.1, 0.15) is 5.52 Å². The number of aryl methyl sites for hydroxylation is 1. The van der Waals surface area contributed by atoms with Gasteiger partial charge in [-0.05, 0) is 12.1 Å². The van der Waals surface area contributed by atoms with Gasteiger partial charge in [0.2, 0.25) is 5.91 Å². The number of rotatable bonds is 1. The van der Waals surface area contributed by atoms with Crippen molar-refractivity contribution in [2.75, 3.05) is 0 Å². The summed E-state index contributed by atoms with van der Waals surface area (Å²) in [5, 5.41) is 0. The Labute approximate surface area is 79.1 Å². The molecule has 0 aliphatic rings. The summed E-state index contributed by atoms with van der Waals surface area (Å²) < 4.78 is 15.0. The van der Waals surface area contributed by atoms with E-state index < -0.39 is 11.7 Å². The SMILES string of the molecule is Cn1cnc2c(F)cc(C(N)=O)cc21. The maximum Gasteiger partial charge on any atom is 0.248 e. The highest BCUT2D eigenvalue weighted by atomic mass is 19.1. The summed E-state index contributed by atoms with van der Waals surface area (Å²) in [6.07, 6.45) is 1.48. The van der Waals surface area contributed by atoms with Gasteiger partial charge >= 0.3 is 0 Å². The van der Waals surface area contributed by atoms with Gasteiger partial charge in [-0.15, -0.1) is 0 Å². The lowest BCUT2D eigenvalue weighted by atomic mass is 10.2. The van der Waals surface area contributed by atoms with Crippen molar-refractivity contribution in [3.8, 4) is 0 Å². The molecule has 1 aromatic carbocycles. The van der Waals surface area contributed by atoms with Crippen LogP contribution in [0.25, 0.3) is 11.0 Å². The van der Waals surface area contributed by atoms with Gasteiger partial charge in [0.15, 0.2) is 5.82 Å². The lowest BCUT2D eigenvalue weighted by Gasteiger charge is -1.98. The number of imidazole rings is 1. The maximum absolute atomic E-state index is 13.3. The number of benzene rings is 1. The molecule has 14 heavy (non-hydrogen) atoms. The Morgan fingerprint density at radius 2 is 2.29 bits per heavy atom. The minimum absolute atomic E-state index is 0.151. The number of hydrogen-bond acceptors (Lipinski definition) is 2. The number of carbonyl (C=O) groups excluding carboxylic acids is 1. The summed E-state index contributed by atoms with van der Waals surface area (Å²) in [6.45, 7) is 0. The molecule has 2 rings (SSSR count). The molecule has 5 heteroatoms. The van der Waals surface area contributed by atoms with Gasteiger partial charge in [-0.1, -0.05) is 0 Å². The zero-order valence-electron chi connectivity index (χ0n) is 7.49. The predicted molar refractivity (Wildman–Crippen MR) is 49.2 cm³/mol. The number of hydrogen-bond donors (Lipinski definition) is 1. The first-order chi connectivity index (χ1) is 6.59. The van der Waals surface area contributed by atoms with Crippen LogP contribution in [0.2, 0.25) is 0 Å². The Kier molecular flexibility index (Phi) is 1.73. The third-order valence-corrected chi connectivity index (χ3v) is 2.07. The van der Waals surface area contributed by atoms with Gasteiger partial charge < -0.3 is 10.3 Å². The van der Waals surface area contributed by atoms with Crippen molar-refractivity contribution in [3.63, 3.8) is 0 Å². The molecule has 0 bridgehead atoms. The molecule has 0 saturated carbocycles. The summed E-state index contributed by atoms with van der Waals surface area (Å²) in [7, 11) is 1.72. The van der Waals surface area contributed by atoms with E-state index in [1.807, 2.05) is 0 Å². The number of carbonyl (C=O) groups is 1. The molecule has 1 amide bonds. The molecule has 4 nitrogen and oxygen atoms in total. The third-order valence-electron chi connectivity index (χ3n) is 2.07. The number of primary amides is 1. The first kappa shape index (κ1) is 8.68. The number of amides is 1. The van der Waals surface area contributed by atoms with Gasteiger partial charge in [0.25, 0.3) is 0 Å². The van der Waals surface area contributed by atoms with Crippen LogP contribution in [0.4, 0.5) is 4.39 Å². The van der Waals surface area contributed by atoms with Crippen LogP contribution >= 0.6 is 0 Å². The van der Waals surface area contributed by atoms with Gasteiger partial charge in [-0.3, -0.25) is 4.79 Å². The fourth-order valence-electron chi connectivity index (χ4n) is 1.33. The smallest absolute Gasteiger partial charge is 0.248 e. The molecule has 0 unspecified atom stereocenters. The fourth-order valence-corrected chi connectivity index (χ4v) is 1.33. The van der Waals surface area contributed by atoms with Crippen molar-refractivity contribution >= 4 is 16.9 Å². The van der Waals surface area contributed by atoms with Crippen LogP contribution in [0.15, 0.2) is 18.5 Å². The Morgan fingerprint density at radius 3 is 2.93 bits per heavy atom. The molecule has 0 spiro atoms. The van der Waals surface area contributed by atoms with E-state index >= 15 is 0 Å². The van der Waals surface area contributed by atoms with Crippen LogP contribution in [0, 0.1) is 5.82 Å². The molecule has 2 aromatic rings. The molecule has 0 aliphatic carbocycles. The van der Waals surface area contributed by atoms with E-state index in [1.165, 1.54) is 12.4 Å². The Balaban J connectivity index is 2.82. The lowest BCUT2D eigenvalue weighted by Crippen LogP contribution is -2.11. The van der Waals surface area contributed by atoms with E-state index in [2.05, 4.69) is 4.98 Å². The first-order valence-electron chi connectivity index (χ1n) is 4.00. The molecule has 0 radical (unpaired) electrons. The van der Waals surface area contributed by atoms with Crippen molar-refractivity contribution in [1.29, 1.82) is 0 Å². The molecular weight excluding hydrogens is 185 g/mol. The van der Waals surface area contributed by atoms with E-state index in [0.29, 0.717) is 5.52 Å². The van der Waals surface area contributed by atoms with Crippen molar-refractivity contribution in [2.45, 2.75) is 0 Å². The van der Waals surface area contributed by atoms with Gasteiger partial charge in [0, 0.05) is 12.6 Å². The Morgan fingerprint density at radius 1 is 1.57 bits per heavy atom. The monoisotopic (exact) mass is 193 g/mol. The van der Waals surface area contributed by atoms with Crippen LogP contribution in [0.1, 0.15) is 10.4 Å². The summed E-state index contributed by atoms with van der Waals surface area (Å²) in [5.41, 5.74) is 6.01. The average Bonchev–Trinajstić information content (AvgIpc) is 2.48. The number of nitrogens with two attached hydrogens (primary N) is 1. The standard InChI is InChI=1S/C9H8FN3O/c1-13-4-12-8-6(10)2-5(9(11)14)3-7(8)13/h2-4H,1H3,(H2,11,14). The molecule has 0 saturated heterocycles. The molecule has 2 N–H and O–H groups in total. The van der Waals surface area contributed by atoms with Crippen LogP contribution in [0.5, 0.6) is 0 Å². The fraction of sp³-hybridized carbons (Fsp3) is 0.111. The molecule has 72 valence electrons. The molecule has 0 fully saturated rings. The van der Waals surface area contributed by atoms with Crippen molar-refractivity contribution in [2.24, 2.45) is 12.8 Å². The summed E-state index contributed by atoms with van der Waals surface area (Å²) >= 11 is 0. The van der Waals surface area contributed by atoms with Crippen LogP contribution in [-0.2, 0) is 7.05 Å². The number of halogens is 1. The second-order valence-electron chi connectivity index (χ2n) is 3.05. The van der Waals surface area contributed by atoms with Crippen LogP contribution in [-0.4, -0.2) is 15.5 Å². The minimum Gasteiger partial charge on any atom is -0.366 e. The van der Waals surface area contributed by atoms with E-state index in [-0.39, 0.29) is 11.1 Å². The zero-order valence-corrected chi connectivity index (χ0v) is 7.49. The average molecular weight is 193 g/mol. The Bertz CT molecular complexity index is 518. The van der Waals surface area contributed by atoms with E-state index in [4.69, 9.17) is 5.73 Å². The number of aromatic nitrogens is 2. The van der Waals surface area contributed by atoms with Crippen molar-refractivity contribution in [1.82, 2.24) is 9.55 Å². The van der Waals surface area contributed by atoms with Crippen LogP contribution < -0.4 is 5.73 Å². The van der Waals surface area contributed by atoms with Gasteiger partial charge in [0.05, 0.1) is 11.8 Å². The maximum atomic E-state index is 13.3. The van der Waals surface area contributed by atoms with Crippen molar-refractivity contribution < 1.29 is 9.18 Å². The molecule has 1 aromatic heterocycles. The topological polar surface area (TPSA) is 60.9 Å². The van der Waals surface area contributed by atoms with E-state index in [0.717, 1.165) is 6.07 Å². The molecule has 1 heterocycles. The highest BCUT2D eigenvalue weighted by molar-refractivity contribution is 5.96. The summed E-state index contributed by atoms with van der Waals surface area (Å²) in [5.74, 6) is -1.18. The summed E-state index contributed by atoms with van der Waals surface area (Å²) in [6, 6.07) is 2.62. The minimum atomic E-state index is -0.646. The largest absolute Gasteiger partial charge is 0.366 e. The highest BCUT2D eigenvalue weighted by Crippen LogP contribution is 2.17. The zero-order chi connectivity index (χ0) is 10.3.